The molecule has 0 atom stereocenters. The van der Waals surface area contributed by atoms with Crippen LogP contribution >= 0.6 is 0 Å². The molecule has 0 saturated carbocycles. The van der Waals surface area contributed by atoms with E-state index in [2.05, 4.69) is 10.3 Å². The summed E-state index contributed by atoms with van der Waals surface area (Å²) in [5.74, 6) is 0.256. The number of rotatable bonds is 5. The van der Waals surface area contributed by atoms with E-state index in [0.29, 0.717) is 32.8 Å². The number of carbonyl (C=O) groups is 2. The van der Waals surface area contributed by atoms with Crippen LogP contribution < -0.4 is 10.1 Å². The van der Waals surface area contributed by atoms with E-state index in [0.717, 1.165) is 11.3 Å². The minimum absolute atomic E-state index is 0.182. The average molecular weight is 355 g/mol. The van der Waals surface area contributed by atoms with Crippen LogP contribution in [0.2, 0.25) is 0 Å². The summed E-state index contributed by atoms with van der Waals surface area (Å²) in [7, 11) is 1.60. The van der Waals surface area contributed by atoms with Crippen molar-refractivity contribution in [3.8, 4) is 5.75 Å². The zero-order valence-corrected chi connectivity index (χ0v) is 14.6. The Morgan fingerprint density at radius 2 is 1.81 bits per heavy atom. The Balaban J connectivity index is 1.62. The molecule has 136 valence electrons. The van der Waals surface area contributed by atoms with Gasteiger partial charge in [0.2, 0.25) is 0 Å². The number of methoxy groups -OCH3 is 1. The van der Waals surface area contributed by atoms with Gasteiger partial charge in [0.05, 0.1) is 20.3 Å². The number of aromatic nitrogens is 1. The normalized spacial score (nSPS) is 14.0. The third kappa shape index (κ3) is 4.37. The lowest BCUT2D eigenvalue weighted by Crippen LogP contribution is -2.41. The Bertz CT molecular complexity index is 771. The standard InChI is InChI=1S/C19H21N3O4/c1-25-15-7-5-14(6-8-15)13-20-18(23)16-3-2-4-17(21-16)19(24)22-9-11-26-12-10-22/h2-8H,9-13H2,1H3,(H,20,23). The molecular formula is C19H21N3O4. The summed E-state index contributed by atoms with van der Waals surface area (Å²) in [6.45, 7) is 2.48. The van der Waals surface area contributed by atoms with Gasteiger partial charge in [-0.2, -0.15) is 0 Å². The van der Waals surface area contributed by atoms with E-state index in [1.54, 1.807) is 30.2 Å². The molecule has 3 rings (SSSR count). The Kier molecular flexibility index (Phi) is 5.80. The highest BCUT2D eigenvalue weighted by Crippen LogP contribution is 2.11. The van der Waals surface area contributed by atoms with Crippen molar-refractivity contribution in [2.45, 2.75) is 6.54 Å². The SMILES string of the molecule is COc1ccc(CNC(=O)c2cccc(C(=O)N3CCOCC3)n2)cc1. The van der Waals surface area contributed by atoms with Crippen LogP contribution in [-0.2, 0) is 11.3 Å². The van der Waals surface area contributed by atoms with Gasteiger partial charge in [0.25, 0.3) is 11.8 Å². The molecule has 0 unspecified atom stereocenters. The largest absolute Gasteiger partial charge is 0.497 e. The van der Waals surface area contributed by atoms with Crippen molar-refractivity contribution in [1.82, 2.24) is 15.2 Å². The van der Waals surface area contributed by atoms with Gasteiger partial charge in [0.15, 0.2) is 0 Å². The molecule has 0 aliphatic carbocycles. The maximum Gasteiger partial charge on any atom is 0.272 e. The number of pyridine rings is 1. The topological polar surface area (TPSA) is 80.8 Å². The molecule has 1 N–H and O–H groups in total. The van der Waals surface area contributed by atoms with Crippen LogP contribution in [-0.4, -0.2) is 55.1 Å². The minimum Gasteiger partial charge on any atom is -0.497 e. The maximum absolute atomic E-state index is 12.5. The fourth-order valence-corrected chi connectivity index (χ4v) is 2.63. The van der Waals surface area contributed by atoms with Gasteiger partial charge in [-0.3, -0.25) is 9.59 Å². The van der Waals surface area contributed by atoms with Crippen LogP contribution in [0.25, 0.3) is 0 Å². The first kappa shape index (κ1) is 17.9. The molecule has 1 fully saturated rings. The second-order valence-electron chi connectivity index (χ2n) is 5.84. The number of carbonyl (C=O) groups excluding carboxylic acids is 2. The molecule has 26 heavy (non-hydrogen) atoms. The number of nitrogens with one attached hydrogen (secondary N) is 1. The quantitative estimate of drug-likeness (QED) is 0.879. The number of hydrogen-bond donors (Lipinski definition) is 1. The van der Waals surface area contributed by atoms with Gasteiger partial charge >= 0.3 is 0 Å². The summed E-state index contributed by atoms with van der Waals surface area (Å²) < 4.78 is 10.4. The van der Waals surface area contributed by atoms with E-state index >= 15 is 0 Å². The molecule has 0 spiro atoms. The van der Waals surface area contributed by atoms with Crippen molar-refractivity contribution in [2.75, 3.05) is 33.4 Å². The molecule has 7 nitrogen and oxygen atoms in total. The predicted octanol–water partition coefficient (Wildman–Crippen LogP) is 1.49. The van der Waals surface area contributed by atoms with Crippen molar-refractivity contribution >= 4 is 11.8 Å². The fraction of sp³-hybridized carbons (Fsp3) is 0.316. The van der Waals surface area contributed by atoms with Crippen molar-refractivity contribution in [3.63, 3.8) is 0 Å². The van der Waals surface area contributed by atoms with Gasteiger partial charge in [0.1, 0.15) is 17.1 Å². The number of benzene rings is 1. The fourth-order valence-electron chi connectivity index (χ4n) is 2.63. The van der Waals surface area contributed by atoms with Gasteiger partial charge in [-0.25, -0.2) is 4.98 Å². The monoisotopic (exact) mass is 355 g/mol. The Hall–Kier alpha value is -2.93. The minimum atomic E-state index is -0.322. The predicted molar refractivity (Wildman–Crippen MR) is 95.1 cm³/mol. The highest BCUT2D eigenvalue weighted by Gasteiger charge is 2.20. The zero-order valence-electron chi connectivity index (χ0n) is 14.6. The molecule has 2 heterocycles. The van der Waals surface area contributed by atoms with Gasteiger partial charge in [-0.1, -0.05) is 18.2 Å². The lowest BCUT2D eigenvalue weighted by molar-refractivity contribution is 0.0299. The van der Waals surface area contributed by atoms with Crippen LogP contribution in [0, 0.1) is 0 Å². The lowest BCUT2D eigenvalue weighted by Gasteiger charge is -2.26. The van der Waals surface area contributed by atoms with Gasteiger partial charge in [-0.05, 0) is 29.8 Å². The van der Waals surface area contributed by atoms with Crippen molar-refractivity contribution in [3.05, 3.63) is 59.4 Å². The smallest absolute Gasteiger partial charge is 0.272 e. The van der Waals surface area contributed by atoms with Crippen LogP contribution in [0.1, 0.15) is 26.5 Å². The summed E-state index contributed by atoms with van der Waals surface area (Å²) in [5.41, 5.74) is 1.43. The summed E-state index contributed by atoms with van der Waals surface area (Å²) >= 11 is 0. The molecule has 1 aliphatic rings. The molecule has 1 aromatic heterocycles. The summed E-state index contributed by atoms with van der Waals surface area (Å²) in [4.78, 5) is 30.7. The van der Waals surface area contributed by atoms with Crippen LogP contribution in [0.5, 0.6) is 5.75 Å². The second-order valence-corrected chi connectivity index (χ2v) is 5.84. The summed E-state index contributed by atoms with van der Waals surface area (Å²) in [5, 5.41) is 2.81. The summed E-state index contributed by atoms with van der Waals surface area (Å²) in [6.07, 6.45) is 0. The molecule has 1 aliphatic heterocycles. The number of morpholine rings is 1. The first-order valence-corrected chi connectivity index (χ1v) is 8.42. The van der Waals surface area contributed by atoms with Crippen LogP contribution in [0.3, 0.4) is 0 Å². The number of ether oxygens (including phenoxy) is 2. The third-order valence-electron chi connectivity index (χ3n) is 4.11. The summed E-state index contributed by atoms with van der Waals surface area (Å²) in [6, 6.07) is 12.3. The lowest BCUT2D eigenvalue weighted by atomic mass is 10.2. The van der Waals surface area contributed by atoms with Crippen LogP contribution in [0.15, 0.2) is 42.5 Å². The molecule has 0 bridgehead atoms. The van der Waals surface area contributed by atoms with Crippen molar-refractivity contribution < 1.29 is 19.1 Å². The molecule has 2 amide bonds. The van der Waals surface area contributed by atoms with Crippen molar-refractivity contribution in [2.24, 2.45) is 0 Å². The van der Waals surface area contributed by atoms with E-state index < -0.39 is 0 Å². The zero-order chi connectivity index (χ0) is 18.4. The Labute approximate surface area is 151 Å². The molecular weight excluding hydrogens is 334 g/mol. The van der Waals surface area contributed by atoms with Crippen LogP contribution in [0.4, 0.5) is 0 Å². The third-order valence-corrected chi connectivity index (χ3v) is 4.11. The van der Waals surface area contributed by atoms with E-state index in [1.165, 1.54) is 0 Å². The van der Waals surface area contributed by atoms with Gasteiger partial charge in [0, 0.05) is 19.6 Å². The molecule has 7 heteroatoms. The van der Waals surface area contributed by atoms with E-state index in [1.807, 2.05) is 24.3 Å². The maximum atomic E-state index is 12.5. The first-order chi connectivity index (χ1) is 12.7. The average Bonchev–Trinajstić information content (AvgIpc) is 2.72. The second kappa shape index (κ2) is 8.44. The highest BCUT2D eigenvalue weighted by atomic mass is 16.5. The van der Waals surface area contributed by atoms with Gasteiger partial charge in [-0.15, -0.1) is 0 Å². The van der Waals surface area contributed by atoms with Crippen molar-refractivity contribution in [1.29, 1.82) is 0 Å². The number of nitrogens with zero attached hydrogens (tertiary/aromatic N) is 2. The highest BCUT2D eigenvalue weighted by molar-refractivity contribution is 5.96. The first-order valence-electron chi connectivity index (χ1n) is 8.42. The Morgan fingerprint density at radius 3 is 2.50 bits per heavy atom. The Morgan fingerprint density at radius 1 is 1.12 bits per heavy atom. The molecule has 2 aromatic rings. The van der Waals surface area contributed by atoms with E-state index in [-0.39, 0.29) is 23.2 Å². The van der Waals surface area contributed by atoms with Gasteiger partial charge < -0.3 is 19.7 Å². The molecule has 1 aromatic carbocycles. The number of amides is 2. The molecule has 1 saturated heterocycles. The number of hydrogen-bond acceptors (Lipinski definition) is 5. The van der Waals surface area contributed by atoms with E-state index in [9.17, 15) is 9.59 Å². The van der Waals surface area contributed by atoms with E-state index in [4.69, 9.17) is 9.47 Å². The molecule has 0 radical (unpaired) electrons.